The summed E-state index contributed by atoms with van der Waals surface area (Å²) in [6, 6.07) is 0. The highest BCUT2D eigenvalue weighted by Crippen LogP contribution is 2.66. The van der Waals surface area contributed by atoms with Gasteiger partial charge in [0.1, 0.15) is 0 Å². The summed E-state index contributed by atoms with van der Waals surface area (Å²) in [5.74, 6) is 6.36. The van der Waals surface area contributed by atoms with Gasteiger partial charge in [0, 0.05) is 13.3 Å². The first-order valence-electron chi connectivity index (χ1n) is 13.1. The molecule has 4 fully saturated rings. The molecule has 1 aromatic rings. The summed E-state index contributed by atoms with van der Waals surface area (Å²) in [6.07, 6.45) is 18.1. The van der Waals surface area contributed by atoms with Crippen LogP contribution < -0.4 is 0 Å². The highest BCUT2D eigenvalue weighted by atomic mass is 16.5. The van der Waals surface area contributed by atoms with Crippen LogP contribution in [0.25, 0.3) is 0 Å². The van der Waals surface area contributed by atoms with Crippen LogP contribution >= 0.6 is 0 Å². The molecule has 4 aliphatic rings. The van der Waals surface area contributed by atoms with Crippen LogP contribution in [0.15, 0.2) is 12.4 Å². The third kappa shape index (κ3) is 3.77. The third-order valence-electron chi connectivity index (χ3n) is 10.7. The van der Waals surface area contributed by atoms with Gasteiger partial charge in [-0.1, -0.05) is 12.8 Å². The normalized spacial score (nSPS) is 46.5. The van der Waals surface area contributed by atoms with Crippen molar-refractivity contribution in [1.82, 2.24) is 9.78 Å². The van der Waals surface area contributed by atoms with Gasteiger partial charge in [-0.15, -0.1) is 6.42 Å². The summed E-state index contributed by atoms with van der Waals surface area (Å²) in [7, 11) is 1.76. The molecule has 1 aromatic heterocycles. The van der Waals surface area contributed by atoms with Gasteiger partial charge < -0.3 is 14.9 Å². The van der Waals surface area contributed by atoms with Gasteiger partial charge in [-0.3, -0.25) is 4.68 Å². The second-order valence-corrected chi connectivity index (χ2v) is 12.6. The Bertz CT molecular complexity index is 914. The monoisotopic (exact) mass is 454 g/mol. The first-order chi connectivity index (χ1) is 15.6. The fourth-order valence-corrected chi connectivity index (χ4v) is 9.35. The zero-order valence-corrected chi connectivity index (χ0v) is 20.8. The number of ether oxygens (including phenoxy) is 1. The Morgan fingerprint density at radius 2 is 2.00 bits per heavy atom. The lowest BCUT2D eigenvalue weighted by Crippen LogP contribution is -2.56. The standard InChI is InChI=1S/C28H42N2O3/c1-6-18-15-29-30(16-18)17-28(4,32)24-10-9-23-21-8-7-19-14-27(3,31)25(33-5)13-22(19)20(21)11-12-26(23,24)2/h1,15-16,19-25,31-32H,7-14,17H2,2-5H3/t19-,20+,21-,22+,23+,24+,25-,26+,27+,28+/m1/s1. The molecule has 2 N–H and O–H groups in total. The maximum atomic E-state index is 11.7. The van der Waals surface area contributed by atoms with Gasteiger partial charge >= 0.3 is 0 Å². The molecule has 0 aromatic carbocycles. The quantitative estimate of drug-likeness (QED) is 0.667. The molecule has 0 aliphatic heterocycles. The SMILES string of the molecule is C#Cc1cnn(C[C@](C)(O)[C@H]2CC[C@H]3[C@@H]4CC[C@@H]5C[C@](C)(O)[C@H](OC)C[C@@H]5[C@H]4CC[C@@]32C)c1. The molecule has 33 heavy (non-hydrogen) atoms. The summed E-state index contributed by atoms with van der Waals surface area (Å²) in [4.78, 5) is 0. The summed E-state index contributed by atoms with van der Waals surface area (Å²) >= 11 is 0. The van der Waals surface area contributed by atoms with Crippen LogP contribution in [0.1, 0.15) is 77.7 Å². The van der Waals surface area contributed by atoms with Crippen LogP contribution in [0.3, 0.4) is 0 Å². The maximum Gasteiger partial charge on any atom is 0.0882 e. The number of aromatic nitrogens is 2. The fourth-order valence-electron chi connectivity index (χ4n) is 9.35. The van der Waals surface area contributed by atoms with E-state index in [1.165, 1.54) is 32.1 Å². The molecule has 4 aliphatic carbocycles. The number of rotatable bonds is 4. The molecule has 0 saturated heterocycles. The van der Waals surface area contributed by atoms with E-state index in [9.17, 15) is 10.2 Å². The van der Waals surface area contributed by atoms with E-state index in [0.717, 1.165) is 36.7 Å². The molecule has 0 radical (unpaired) electrons. The number of nitrogens with zero attached hydrogens (tertiary/aromatic N) is 2. The van der Waals surface area contributed by atoms with Gasteiger partial charge in [0.2, 0.25) is 0 Å². The van der Waals surface area contributed by atoms with Crippen LogP contribution in [-0.4, -0.2) is 44.4 Å². The molecule has 5 heteroatoms. The van der Waals surface area contributed by atoms with Crippen molar-refractivity contribution in [3.05, 3.63) is 18.0 Å². The summed E-state index contributed by atoms with van der Waals surface area (Å²) in [5, 5.41) is 27.0. The fraction of sp³-hybridized carbons (Fsp3) is 0.821. The van der Waals surface area contributed by atoms with Gasteiger partial charge in [-0.2, -0.15) is 5.10 Å². The average Bonchev–Trinajstić information content (AvgIpc) is 3.35. The van der Waals surface area contributed by atoms with E-state index in [1.54, 1.807) is 13.3 Å². The predicted molar refractivity (Wildman–Crippen MR) is 128 cm³/mol. The Morgan fingerprint density at radius 3 is 2.70 bits per heavy atom. The summed E-state index contributed by atoms with van der Waals surface area (Å²) in [6.45, 7) is 6.94. The van der Waals surface area contributed by atoms with E-state index in [-0.39, 0.29) is 17.4 Å². The van der Waals surface area contributed by atoms with E-state index < -0.39 is 11.2 Å². The number of hydrogen-bond donors (Lipinski definition) is 2. The van der Waals surface area contributed by atoms with Crippen molar-refractivity contribution in [3.63, 3.8) is 0 Å². The van der Waals surface area contributed by atoms with E-state index in [4.69, 9.17) is 11.2 Å². The minimum atomic E-state index is -0.809. The lowest BCUT2D eigenvalue weighted by Gasteiger charge is -2.58. The second kappa shape index (κ2) is 8.11. The number of methoxy groups -OCH3 is 1. The Morgan fingerprint density at radius 1 is 1.21 bits per heavy atom. The van der Waals surface area contributed by atoms with Gasteiger partial charge in [-0.25, -0.2) is 0 Å². The van der Waals surface area contributed by atoms with Crippen molar-refractivity contribution in [2.24, 2.45) is 40.9 Å². The lowest BCUT2D eigenvalue weighted by atomic mass is 9.48. The van der Waals surface area contributed by atoms with E-state index in [1.807, 2.05) is 24.7 Å². The highest BCUT2D eigenvalue weighted by Gasteiger charge is 2.61. The molecular weight excluding hydrogens is 412 g/mol. The molecule has 0 amide bonds. The Kier molecular flexibility index (Phi) is 5.75. The maximum absolute atomic E-state index is 11.7. The van der Waals surface area contributed by atoms with Crippen LogP contribution in [0, 0.1) is 53.3 Å². The smallest absolute Gasteiger partial charge is 0.0882 e. The molecule has 0 unspecified atom stereocenters. The third-order valence-corrected chi connectivity index (χ3v) is 10.7. The number of fused-ring (bicyclic) bond motifs is 5. The molecule has 5 nitrogen and oxygen atoms in total. The number of terminal acetylenes is 1. The molecule has 182 valence electrons. The summed E-state index contributed by atoms with van der Waals surface area (Å²) < 4.78 is 7.59. The molecule has 4 saturated carbocycles. The van der Waals surface area contributed by atoms with Gasteiger partial charge in [0.25, 0.3) is 0 Å². The first-order valence-corrected chi connectivity index (χ1v) is 13.1. The van der Waals surface area contributed by atoms with E-state index >= 15 is 0 Å². The Balaban J connectivity index is 1.34. The molecule has 0 spiro atoms. The first kappa shape index (κ1) is 23.4. The highest BCUT2D eigenvalue weighted by molar-refractivity contribution is 5.26. The topological polar surface area (TPSA) is 67.5 Å². The van der Waals surface area contributed by atoms with Crippen molar-refractivity contribution in [3.8, 4) is 12.3 Å². The molecule has 5 rings (SSSR count). The Hall–Kier alpha value is -1.35. The molecular formula is C28H42N2O3. The molecule has 0 bridgehead atoms. The molecule has 10 atom stereocenters. The minimum Gasteiger partial charge on any atom is -0.388 e. The van der Waals surface area contributed by atoms with Crippen LogP contribution in [0.2, 0.25) is 0 Å². The van der Waals surface area contributed by atoms with Crippen LogP contribution in [0.5, 0.6) is 0 Å². The van der Waals surface area contributed by atoms with Gasteiger partial charge in [0.05, 0.1) is 35.6 Å². The lowest BCUT2D eigenvalue weighted by molar-refractivity contribution is -0.169. The van der Waals surface area contributed by atoms with Crippen LogP contribution in [-0.2, 0) is 11.3 Å². The molecule has 1 heterocycles. The van der Waals surface area contributed by atoms with E-state index in [2.05, 4.69) is 17.9 Å². The van der Waals surface area contributed by atoms with Gasteiger partial charge in [-0.05, 0) is 106 Å². The predicted octanol–water partition coefficient (Wildman–Crippen LogP) is 4.26. The van der Waals surface area contributed by atoms with Gasteiger partial charge in [0.15, 0.2) is 0 Å². The minimum absolute atomic E-state index is 0.0511. The average molecular weight is 455 g/mol. The summed E-state index contributed by atoms with van der Waals surface area (Å²) in [5.41, 5.74) is -0.579. The van der Waals surface area contributed by atoms with Crippen molar-refractivity contribution < 1.29 is 14.9 Å². The van der Waals surface area contributed by atoms with Crippen molar-refractivity contribution in [1.29, 1.82) is 0 Å². The zero-order chi connectivity index (χ0) is 23.6. The zero-order valence-electron chi connectivity index (χ0n) is 20.8. The largest absolute Gasteiger partial charge is 0.388 e. The number of hydrogen-bond acceptors (Lipinski definition) is 4. The van der Waals surface area contributed by atoms with Crippen molar-refractivity contribution in [2.45, 2.75) is 96.0 Å². The van der Waals surface area contributed by atoms with Crippen LogP contribution in [0.4, 0.5) is 0 Å². The second-order valence-electron chi connectivity index (χ2n) is 12.6. The van der Waals surface area contributed by atoms with Crippen molar-refractivity contribution in [2.75, 3.05) is 7.11 Å². The Labute approximate surface area is 199 Å². The number of aliphatic hydroxyl groups is 2. The van der Waals surface area contributed by atoms with Crippen molar-refractivity contribution >= 4 is 0 Å². The van der Waals surface area contributed by atoms with E-state index in [0.29, 0.717) is 24.3 Å².